The summed E-state index contributed by atoms with van der Waals surface area (Å²) in [6, 6.07) is 15.5. The lowest BCUT2D eigenvalue weighted by molar-refractivity contribution is -0.122. The zero-order valence-corrected chi connectivity index (χ0v) is 14.3. The fourth-order valence-electron chi connectivity index (χ4n) is 1.84. The van der Waals surface area contributed by atoms with Gasteiger partial charge in [0.15, 0.2) is 6.10 Å². The minimum Gasteiger partial charge on any atom is -0.481 e. The second-order valence-corrected chi connectivity index (χ2v) is 6.00. The summed E-state index contributed by atoms with van der Waals surface area (Å²) in [6.07, 6.45) is 0.445. The Balaban J connectivity index is 1.93. The van der Waals surface area contributed by atoms with E-state index < -0.39 is 6.10 Å². The molecule has 1 atom stereocenters. The number of aryl methyl sites for hydroxylation is 1. The van der Waals surface area contributed by atoms with Crippen LogP contribution in [0.4, 0.5) is 5.69 Å². The highest BCUT2D eigenvalue weighted by Crippen LogP contribution is 2.16. The third-order valence-corrected chi connectivity index (χ3v) is 3.84. The maximum absolute atomic E-state index is 12.1. The minimum atomic E-state index is -0.545. The molecule has 0 aromatic heterocycles. The minimum absolute atomic E-state index is 0.157. The van der Waals surface area contributed by atoms with Crippen LogP contribution in [0, 0.1) is 3.57 Å². The van der Waals surface area contributed by atoms with Gasteiger partial charge in [-0.15, -0.1) is 0 Å². The van der Waals surface area contributed by atoms with Gasteiger partial charge in [-0.1, -0.05) is 19.1 Å². The first-order valence-corrected chi connectivity index (χ1v) is 7.98. The summed E-state index contributed by atoms with van der Waals surface area (Å²) in [7, 11) is 0. The summed E-state index contributed by atoms with van der Waals surface area (Å²) in [4.78, 5) is 12.1. The highest BCUT2D eigenvalue weighted by molar-refractivity contribution is 14.1. The van der Waals surface area contributed by atoms with Crippen LogP contribution in [0.3, 0.4) is 0 Å². The van der Waals surface area contributed by atoms with Gasteiger partial charge in [0, 0.05) is 9.26 Å². The second-order valence-electron chi connectivity index (χ2n) is 4.75. The lowest BCUT2D eigenvalue weighted by Crippen LogP contribution is -2.30. The van der Waals surface area contributed by atoms with Gasteiger partial charge in [-0.25, -0.2) is 0 Å². The van der Waals surface area contributed by atoms with Crippen LogP contribution in [0.25, 0.3) is 0 Å². The molecule has 110 valence electrons. The van der Waals surface area contributed by atoms with Crippen molar-refractivity contribution in [2.75, 3.05) is 5.32 Å². The topological polar surface area (TPSA) is 38.3 Å². The van der Waals surface area contributed by atoms with Crippen LogP contribution < -0.4 is 10.1 Å². The Morgan fingerprint density at radius 1 is 1.14 bits per heavy atom. The summed E-state index contributed by atoms with van der Waals surface area (Å²) in [5.41, 5.74) is 2.02. The van der Waals surface area contributed by atoms with Crippen molar-refractivity contribution in [3.63, 3.8) is 0 Å². The molecular weight excluding hydrogens is 377 g/mol. The predicted octanol–water partition coefficient (Wildman–Crippen LogP) is 4.26. The van der Waals surface area contributed by atoms with Gasteiger partial charge < -0.3 is 10.1 Å². The first-order chi connectivity index (χ1) is 10.1. The average Bonchev–Trinajstić information content (AvgIpc) is 2.50. The van der Waals surface area contributed by atoms with E-state index in [1.165, 1.54) is 5.56 Å². The molecule has 0 bridgehead atoms. The average molecular weight is 395 g/mol. The van der Waals surface area contributed by atoms with Crippen molar-refractivity contribution in [2.24, 2.45) is 0 Å². The molecule has 0 spiro atoms. The SMILES string of the molecule is CCc1ccc(O[C@@H](C)C(=O)Nc2ccc(I)cc2)cc1. The molecule has 0 aliphatic carbocycles. The molecule has 0 unspecified atom stereocenters. The normalized spacial score (nSPS) is 11.8. The Morgan fingerprint density at radius 3 is 2.33 bits per heavy atom. The van der Waals surface area contributed by atoms with E-state index in [0.717, 1.165) is 15.7 Å². The number of anilines is 1. The fourth-order valence-corrected chi connectivity index (χ4v) is 2.20. The van der Waals surface area contributed by atoms with Crippen LogP contribution in [-0.2, 0) is 11.2 Å². The summed E-state index contributed by atoms with van der Waals surface area (Å²) in [5, 5.41) is 2.84. The first kappa shape index (κ1) is 15.8. The molecule has 0 fully saturated rings. The van der Waals surface area contributed by atoms with Gasteiger partial charge >= 0.3 is 0 Å². The predicted molar refractivity (Wildman–Crippen MR) is 93.7 cm³/mol. The second kappa shape index (κ2) is 7.45. The number of halogens is 1. The Bertz CT molecular complexity index is 593. The third-order valence-electron chi connectivity index (χ3n) is 3.13. The van der Waals surface area contributed by atoms with Crippen molar-refractivity contribution in [3.8, 4) is 5.75 Å². The molecule has 0 radical (unpaired) electrons. The van der Waals surface area contributed by atoms with Gasteiger partial charge in [0.1, 0.15) is 5.75 Å². The number of rotatable bonds is 5. The Hall–Kier alpha value is -1.56. The zero-order chi connectivity index (χ0) is 15.2. The summed E-state index contributed by atoms with van der Waals surface area (Å²) in [6.45, 7) is 3.85. The first-order valence-electron chi connectivity index (χ1n) is 6.90. The van der Waals surface area contributed by atoms with Crippen molar-refractivity contribution < 1.29 is 9.53 Å². The van der Waals surface area contributed by atoms with Gasteiger partial charge in [-0.3, -0.25) is 4.79 Å². The van der Waals surface area contributed by atoms with Crippen LogP contribution in [0.5, 0.6) is 5.75 Å². The van der Waals surface area contributed by atoms with Crippen LogP contribution in [0.2, 0.25) is 0 Å². The smallest absolute Gasteiger partial charge is 0.265 e. The maximum atomic E-state index is 12.1. The van der Waals surface area contributed by atoms with E-state index in [9.17, 15) is 4.79 Å². The van der Waals surface area contributed by atoms with E-state index in [4.69, 9.17) is 4.74 Å². The molecule has 0 aliphatic rings. The number of nitrogens with one attached hydrogen (secondary N) is 1. The van der Waals surface area contributed by atoms with Crippen LogP contribution in [0.15, 0.2) is 48.5 Å². The van der Waals surface area contributed by atoms with Crippen LogP contribution in [-0.4, -0.2) is 12.0 Å². The summed E-state index contributed by atoms with van der Waals surface area (Å²) >= 11 is 2.23. The zero-order valence-electron chi connectivity index (χ0n) is 12.1. The van der Waals surface area contributed by atoms with Crippen molar-refractivity contribution in [3.05, 3.63) is 57.7 Å². The van der Waals surface area contributed by atoms with E-state index >= 15 is 0 Å². The standard InChI is InChI=1S/C17H18INO2/c1-3-13-4-10-16(11-5-13)21-12(2)17(20)19-15-8-6-14(18)7-9-15/h4-12H,3H2,1-2H3,(H,19,20)/t12-/m0/s1. The van der Waals surface area contributed by atoms with Gasteiger partial charge in [-0.05, 0) is 77.9 Å². The van der Waals surface area contributed by atoms with E-state index in [2.05, 4.69) is 34.8 Å². The van der Waals surface area contributed by atoms with Crippen molar-refractivity contribution >= 4 is 34.2 Å². The molecule has 3 nitrogen and oxygen atoms in total. The van der Waals surface area contributed by atoms with Crippen molar-refractivity contribution in [1.82, 2.24) is 0 Å². The lowest BCUT2D eigenvalue weighted by Gasteiger charge is -2.15. The van der Waals surface area contributed by atoms with Crippen LogP contribution >= 0.6 is 22.6 Å². The third kappa shape index (κ3) is 4.74. The number of hydrogen-bond donors (Lipinski definition) is 1. The summed E-state index contributed by atoms with van der Waals surface area (Å²) < 4.78 is 6.79. The van der Waals surface area contributed by atoms with E-state index in [1.807, 2.05) is 48.5 Å². The number of hydrogen-bond acceptors (Lipinski definition) is 2. The van der Waals surface area contributed by atoms with Crippen LogP contribution in [0.1, 0.15) is 19.4 Å². The molecule has 0 heterocycles. The summed E-state index contributed by atoms with van der Waals surface area (Å²) in [5.74, 6) is 0.549. The number of carbonyl (C=O) groups is 1. The molecule has 0 aliphatic heterocycles. The Morgan fingerprint density at radius 2 is 1.76 bits per heavy atom. The lowest BCUT2D eigenvalue weighted by atomic mass is 10.2. The quantitative estimate of drug-likeness (QED) is 0.769. The van der Waals surface area contributed by atoms with Gasteiger partial charge in [0.05, 0.1) is 0 Å². The molecule has 1 N–H and O–H groups in total. The van der Waals surface area contributed by atoms with Gasteiger partial charge in [0.25, 0.3) is 5.91 Å². The fraction of sp³-hybridized carbons (Fsp3) is 0.235. The molecular formula is C17H18INO2. The molecule has 0 saturated carbocycles. The number of benzene rings is 2. The van der Waals surface area contributed by atoms with Crippen molar-refractivity contribution in [2.45, 2.75) is 26.4 Å². The highest BCUT2D eigenvalue weighted by Gasteiger charge is 2.14. The molecule has 4 heteroatoms. The molecule has 21 heavy (non-hydrogen) atoms. The van der Waals surface area contributed by atoms with Crippen molar-refractivity contribution in [1.29, 1.82) is 0 Å². The Labute approximate surface area is 138 Å². The van der Waals surface area contributed by atoms with Gasteiger partial charge in [-0.2, -0.15) is 0 Å². The highest BCUT2D eigenvalue weighted by atomic mass is 127. The monoisotopic (exact) mass is 395 g/mol. The Kier molecular flexibility index (Phi) is 5.61. The molecule has 1 amide bonds. The number of ether oxygens (including phenoxy) is 1. The largest absolute Gasteiger partial charge is 0.481 e. The van der Waals surface area contributed by atoms with E-state index in [-0.39, 0.29) is 5.91 Å². The molecule has 0 saturated heterocycles. The van der Waals surface area contributed by atoms with Gasteiger partial charge in [0.2, 0.25) is 0 Å². The number of carbonyl (C=O) groups excluding carboxylic acids is 1. The molecule has 2 aromatic rings. The maximum Gasteiger partial charge on any atom is 0.265 e. The molecule has 2 aromatic carbocycles. The van der Waals surface area contributed by atoms with E-state index in [0.29, 0.717) is 5.75 Å². The number of amides is 1. The molecule has 2 rings (SSSR count). The van der Waals surface area contributed by atoms with E-state index in [1.54, 1.807) is 6.92 Å².